The minimum atomic E-state index is -0.136. The quantitative estimate of drug-likeness (QED) is 0.648. The summed E-state index contributed by atoms with van der Waals surface area (Å²) < 4.78 is 0.969. The van der Waals surface area contributed by atoms with Gasteiger partial charge in [-0.05, 0) is 25.5 Å². The fourth-order valence-corrected chi connectivity index (χ4v) is 4.01. The molecule has 1 N–H and O–H groups in total. The smallest absolute Gasteiger partial charge is 0.260 e. The van der Waals surface area contributed by atoms with E-state index in [0.29, 0.717) is 11.2 Å². The number of alkyl halides is 1. The Morgan fingerprint density at radius 2 is 2.14 bits per heavy atom. The number of hydrogen-bond donors (Lipinski definition) is 1. The molecule has 0 saturated heterocycles. The minimum absolute atomic E-state index is 0.136. The molecule has 6 heteroatoms. The highest BCUT2D eigenvalue weighted by Gasteiger charge is 2.18. The molecule has 3 rings (SSSR count). The molecule has 3 nitrogen and oxygen atoms in total. The summed E-state index contributed by atoms with van der Waals surface area (Å²) in [6, 6.07) is 6.11. The Morgan fingerprint density at radius 1 is 1.38 bits per heavy atom. The van der Waals surface area contributed by atoms with Crippen LogP contribution in [-0.4, -0.2) is 9.97 Å². The second-order valence-electron chi connectivity index (χ2n) is 4.84. The third kappa shape index (κ3) is 2.54. The summed E-state index contributed by atoms with van der Waals surface area (Å²) in [5.74, 6) is 0.705. The predicted octanol–water partition coefficient (Wildman–Crippen LogP) is 4.77. The van der Waals surface area contributed by atoms with Crippen LogP contribution in [0.15, 0.2) is 27.5 Å². The maximum atomic E-state index is 12.4. The molecule has 3 aromatic rings. The molecule has 0 bridgehead atoms. The Hall–Kier alpha value is -1.17. The van der Waals surface area contributed by atoms with Crippen molar-refractivity contribution in [3.63, 3.8) is 0 Å². The van der Waals surface area contributed by atoms with Crippen LogP contribution < -0.4 is 5.56 Å². The van der Waals surface area contributed by atoms with Crippen molar-refractivity contribution in [1.82, 2.24) is 9.97 Å². The van der Waals surface area contributed by atoms with E-state index >= 15 is 0 Å². The van der Waals surface area contributed by atoms with E-state index in [0.717, 1.165) is 30.9 Å². The first-order valence-corrected chi connectivity index (χ1v) is 8.50. The summed E-state index contributed by atoms with van der Waals surface area (Å²) in [5, 5.41) is 0.637. The second kappa shape index (κ2) is 5.55. The molecule has 0 radical (unpaired) electrons. The number of nitrogens with one attached hydrogen (secondary N) is 1. The number of aromatic nitrogens is 2. The van der Waals surface area contributed by atoms with E-state index < -0.39 is 0 Å². The van der Waals surface area contributed by atoms with Crippen molar-refractivity contribution in [2.75, 3.05) is 0 Å². The van der Waals surface area contributed by atoms with Gasteiger partial charge in [0.1, 0.15) is 10.7 Å². The number of nitrogens with zero attached hydrogens (tertiary/aromatic N) is 1. The van der Waals surface area contributed by atoms with Crippen LogP contribution in [0.4, 0.5) is 0 Å². The van der Waals surface area contributed by atoms with Crippen molar-refractivity contribution in [3.05, 3.63) is 49.3 Å². The number of H-pyrrole nitrogens is 1. The molecule has 0 amide bonds. The number of halogens is 2. The van der Waals surface area contributed by atoms with Gasteiger partial charge in [-0.25, -0.2) is 4.98 Å². The number of aryl methyl sites for hydroxylation is 2. The van der Waals surface area contributed by atoms with Crippen LogP contribution in [0.5, 0.6) is 0 Å². The number of hydrogen-bond acceptors (Lipinski definition) is 3. The lowest BCUT2D eigenvalue weighted by Gasteiger charge is -2.06. The largest absolute Gasteiger partial charge is 0.309 e. The summed E-state index contributed by atoms with van der Waals surface area (Å²) in [7, 11) is 0. The van der Waals surface area contributed by atoms with Gasteiger partial charge in [-0.3, -0.25) is 4.79 Å². The Kier molecular flexibility index (Phi) is 3.90. The van der Waals surface area contributed by atoms with E-state index in [4.69, 9.17) is 11.6 Å². The van der Waals surface area contributed by atoms with Crippen LogP contribution in [0.1, 0.15) is 16.3 Å². The number of rotatable bonds is 2. The van der Waals surface area contributed by atoms with Gasteiger partial charge < -0.3 is 4.98 Å². The number of benzene rings is 1. The average Bonchev–Trinajstić information content (AvgIpc) is 2.78. The molecule has 21 heavy (non-hydrogen) atoms. The maximum absolute atomic E-state index is 12.4. The van der Waals surface area contributed by atoms with Crippen LogP contribution in [0.2, 0.25) is 0 Å². The van der Waals surface area contributed by atoms with Gasteiger partial charge in [0.05, 0.1) is 11.3 Å². The fraction of sp³-hybridized carbons (Fsp3) is 0.200. The van der Waals surface area contributed by atoms with Gasteiger partial charge in [-0.1, -0.05) is 33.6 Å². The Labute approximate surface area is 139 Å². The van der Waals surface area contributed by atoms with E-state index in [-0.39, 0.29) is 11.4 Å². The zero-order valence-corrected chi connectivity index (χ0v) is 14.6. The first-order valence-electron chi connectivity index (χ1n) is 6.36. The Balaban J connectivity index is 2.40. The minimum Gasteiger partial charge on any atom is -0.309 e. The van der Waals surface area contributed by atoms with E-state index in [1.807, 2.05) is 26.0 Å². The molecule has 0 aliphatic rings. The molecular weight excluding hydrogens is 372 g/mol. The van der Waals surface area contributed by atoms with Gasteiger partial charge in [-0.15, -0.1) is 22.9 Å². The van der Waals surface area contributed by atoms with Gasteiger partial charge in [0.25, 0.3) is 5.56 Å². The molecule has 0 atom stereocenters. The van der Waals surface area contributed by atoms with Crippen molar-refractivity contribution in [2.24, 2.45) is 0 Å². The zero-order chi connectivity index (χ0) is 15.1. The molecule has 1 aromatic carbocycles. The van der Waals surface area contributed by atoms with Crippen LogP contribution in [0, 0.1) is 13.8 Å². The Bertz CT molecular complexity index is 901. The van der Waals surface area contributed by atoms with Gasteiger partial charge in [0.2, 0.25) is 0 Å². The third-order valence-corrected chi connectivity index (χ3v) is 5.25. The molecule has 108 valence electrons. The molecule has 0 saturated carbocycles. The van der Waals surface area contributed by atoms with Crippen molar-refractivity contribution < 1.29 is 0 Å². The van der Waals surface area contributed by atoms with E-state index in [2.05, 4.69) is 32.0 Å². The van der Waals surface area contributed by atoms with Gasteiger partial charge in [-0.2, -0.15) is 0 Å². The van der Waals surface area contributed by atoms with Crippen LogP contribution in [0.3, 0.4) is 0 Å². The lowest BCUT2D eigenvalue weighted by atomic mass is 10.0. The monoisotopic (exact) mass is 382 g/mol. The molecule has 0 aliphatic heterocycles. The Morgan fingerprint density at radius 3 is 2.86 bits per heavy atom. The second-order valence-corrected chi connectivity index (χ2v) is 7.17. The number of aromatic amines is 1. The lowest BCUT2D eigenvalue weighted by Crippen LogP contribution is -2.10. The van der Waals surface area contributed by atoms with Crippen LogP contribution in [0.25, 0.3) is 21.3 Å². The van der Waals surface area contributed by atoms with Gasteiger partial charge in [0, 0.05) is 14.9 Å². The standard InChI is InChI=1S/C15H12BrClN2OS/c1-7-3-4-10(16)9(5-7)12-8(2)21-15-13(12)14(20)18-11(6-17)19-15/h3-5H,6H2,1-2H3,(H,18,19,20). The summed E-state index contributed by atoms with van der Waals surface area (Å²) in [5.41, 5.74) is 2.97. The predicted molar refractivity (Wildman–Crippen MR) is 92.4 cm³/mol. The van der Waals surface area contributed by atoms with E-state index in [1.165, 1.54) is 11.3 Å². The molecular formula is C15H12BrClN2OS. The number of fused-ring (bicyclic) bond motifs is 1. The summed E-state index contributed by atoms with van der Waals surface area (Å²) >= 11 is 10.9. The normalized spacial score (nSPS) is 11.2. The maximum Gasteiger partial charge on any atom is 0.260 e. The van der Waals surface area contributed by atoms with E-state index in [1.54, 1.807) is 0 Å². The molecule has 0 spiro atoms. The molecule has 0 unspecified atom stereocenters. The van der Waals surface area contributed by atoms with Gasteiger partial charge in [0.15, 0.2) is 0 Å². The highest BCUT2D eigenvalue weighted by atomic mass is 79.9. The van der Waals surface area contributed by atoms with Crippen molar-refractivity contribution in [1.29, 1.82) is 0 Å². The first-order chi connectivity index (χ1) is 10.0. The van der Waals surface area contributed by atoms with Crippen molar-refractivity contribution in [2.45, 2.75) is 19.7 Å². The third-order valence-electron chi connectivity index (χ3n) is 3.30. The van der Waals surface area contributed by atoms with Crippen LogP contribution >= 0.6 is 38.9 Å². The summed E-state index contributed by atoms with van der Waals surface area (Å²) in [4.78, 5) is 21.4. The SMILES string of the molecule is Cc1ccc(Br)c(-c2c(C)sc3nc(CCl)[nH]c(=O)c23)c1. The van der Waals surface area contributed by atoms with Gasteiger partial charge >= 0.3 is 0 Å². The fourth-order valence-electron chi connectivity index (χ4n) is 2.38. The molecule has 0 aliphatic carbocycles. The topological polar surface area (TPSA) is 45.8 Å². The van der Waals surface area contributed by atoms with E-state index in [9.17, 15) is 4.79 Å². The highest BCUT2D eigenvalue weighted by molar-refractivity contribution is 9.10. The van der Waals surface area contributed by atoms with Crippen molar-refractivity contribution in [3.8, 4) is 11.1 Å². The first kappa shape index (κ1) is 14.8. The molecule has 2 aromatic heterocycles. The summed E-state index contributed by atoms with van der Waals surface area (Å²) in [6.45, 7) is 4.05. The lowest BCUT2D eigenvalue weighted by molar-refractivity contribution is 1.04. The number of thiophene rings is 1. The zero-order valence-electron chi connectivity index (χ0n) is 11.5. The van der Waals surface area contributed by atoms with Crippen molar-refractivity contribution >= 4 is 49.1 Å². The summed E-state index contributed by atoms with van der Waals surface area (Å²) in [6.07, 6.45) is 0. The highest BCUT2D eigenvalue weighted by Crippen LogP contribution is 2.39. The average molecular weight is 384 g/mol. The molecule has 2 heterocycles. The molecule has 0 fully saturated rings. The van der Waals surface area contributed by atoms with Crippen LogP contribution in [-0.2, 0) is 5.88 Å².